The molecular formula is C33H45FN6O5. The van der Waals surface area contributed by atoms with Crippen LogP contribution in [0, 0.1) is 18.7 Å². The Morgan fingerprint density at radius 3 is 2.38 bits per heavy atom. The summed E-state index contributed by atoms with van der Waals surface area (Å²) >= 11 is 0. The molecule has 2 fully saturated rings. The Morgan fingerprint density at radius 2 is 1.78 bits per heavy atom. The van der Waals surface area contributed by atoms with E-state index in [1.54, 1.807) is 50.5 Å². The van der Waals surface area contributed by atoms with Gasteiger partial charge in [-0.1, -0.05) is 6.42 Å². The summed E-state index contributed by atoms with van der Waals surface area (Å²) < 4.78 is 27.6. The number of ether oxygens (including phenoxy) is 2. The zero-order valence-electron chi connectivity index (χ0n) is 27.3. The molecule has 3 aromatic rings. The number of nitrogens with zero attached hydrogens (tertiary/aromatic N) is 5. The number of aryl methyl sites for hydroxylation is 1. The third-order valence-corrected chi connectivity index (χ3v) is 8.03. The van der Waals surface area contributed by atoms with Crippen molar-refractivity contribution in [2.75, 3.05) is 29.9 Å². The molecule has 2 N–H and O–H groups in total. The second-order valence-corrected chi connectivity index (χ2v) is 14.2. The minimum Gasteiger partial charge on any atom is -0.444 e. The van der Waals surface area contributed by atoms with Gasteiger partial charge in [-0.05, 0) is 97.4 Å². The molecule has 1 saturated heterocycles. The van der Waals surface area contributed by atoms with Crippen LogP contribution < -0.4 is 10.2 Å². The van der Waals surface area contributed by atoms with Gasteiger partial charge in [0.2, 0.25) is 0 Å². The molecule has 0 radical (unpaired) electrons. The summed E-state index contributed by atoms with van der Waals surface area (Å²) in [5.41, 5.74) is 1.09. The highest BCUT2D eigenvalue weighted by Crippen LogP contribution is 2.40. The van der Waals surface area contributed by atoms with Crippen LogP contribution in [-0.4, -0.2) is 73.7 Å². The molecule has 1 saturated carbocycles. The van der Waals surface area contributed by atoms with Crippen LogP contribution in [0.5, 0.6) is 0 Å². The maximum Gasteiger partial charge on any atom is 0.420 e. The van der Waals surface area contributed by atoms with Crippen molar-refractivity contribution in [3.8, 4) is 0 Å². The number of amides is 2. The average Bonchev–Trinajstić information content (AvgIpc) is 3.28. The largest absolute Gasteiger partial charge is 0.444 e. The number of likely N-dealkylation sites (tertiary alicyclic amines) is 1. The number of nitrogens with one attached hydrogen (secondary N) is 1. The van der Waals surface area contributed by atoms with E-state index < -0.39 is 35.3 Å². The van der Waals surface area contributed by atoms with Gasteiger partial charge in [0.05, 0.1) is 24.5 Å². The Bertz CT molecular complexity index is 1540. The van der Waals surface area contributed by atoms with E-state index >= 15 is 0 Å². The van der Waals surface area contributed by atoms with Crippen LogP contribution in [0.2, 0.25) is 0 Å². The molecule has 244 valence electrons. The zero-order chi connectivity index (χ0) is 32.7. The van der Waals surface area contributed by atoms with Gasteiger partial charge in [-0.25, -0.2) is 23.9 Å². The fourth-order valence-electron chi connectivity index (χ4n) is 5.65. The van der Waals surface area contributed by atoms with E-state index in [2.05, 4.69) is 10.4 Å². The van der Waals surface area contributed by atoms with Crippen LogP contribution in [0.25, 0.3) is 5.65 Å². The van der Waals surface area contributed by atoms with Crippen molar-refractivity contribution in [2.45, 2.75) is 97.4 Å². The SMILES string of the molecule is Cc1cc(F)cc(N(C(=O)OC(C)(C)C)c2cc(NC[C@H]3CCN(C(=O)OC(C)(C)C)C[C@@H]3O)nc3c(C4CCC4)cnn23)c1. The number of fused-ring (bicyclic) bond motifs is 1. The summed E-state index contributed by atoms with van der Waals surface area (Å²) in [6, 6.07) is 6.10. The fraction of sp³-hybridized carbons (Fsp3) is 0.576. The molecule has 45 heavy (non-hydrogen) atoms. The molecule has 12 heteroatoms. The monoisotopic (exact) mass is 624 g/mol. The van der Waals surface area contributed by atoms with E-state index in [4.69, 9.17) is 14.5 Å². The highest BCUT2D eigenvalue weighted by atomic mass is 19.1. The number of aromatic nitrogens is 3. The van der Waals surface area contributed by atoms with E-state index in [0.29, 0.717) is 54.0 Å². The molecule has 0 bridgehead atoms. The molecule has 3 heterocycles. The molecule has 0 spiro atoms. The fourth-order valence-corrected chi connectivity index (χ4v) is 5.65. The van der Waals surface area contributed by atoms with Crippen molar-refractivity contribution >= 4 is 35.2 Å². The minimum atomic E-state index is -0.809. The molecule has 1 aliphatic heterocycles. The van der Waals surface area contributed by atoms with Gasteiger partial charge in [0.15, 0.2) is 5.65 Å². The molecule has 2 amide bonds. The Labute approximate surface area is 263 Å². The number of carbonyl (C=O) groups is 2. The molecule has 2 aromatic heterocycles. The number of anilines is 3. The van der Waals surface area contributed by atoms with Crippen molar-refractivity contribution in [3.63, 3.8) is 0 Å². The summed E-state index contributed by atoms with van der Waals surface area (Å²) in [7, 11) is 0. The minimum absolute atomic E-state index is 0.158. The number of aliphatic hydroxyl groups excluding tert-OH is 1. The number of hydrogen-bond acceptors (Lipinski definition) is 8. The molecule has 1 aromatic carbocycles. The van der Waals surface area contributed by atoms with Crippen molar-refractivity contribution in [1.29, 1.82) is 0 Å². The number of aliphatic hydroxyl groups is 1. The first-order valence-corrected chi connectivity index (χ1v) is 15.7. The summed E-state index contributed by atoms with van der Waals surface area (Å²) in [6.45, 7) is 13.5. The first-order chi connectivity index (χ1) is 21.1. The first kappa shape index (κ1) is 32.5. The smallest absolute Gasteiger partial charge is 0.420 e. The number of hydrogen-bond donors (Lipinski definition) is 2. The Balaban J connectivity index is 1.48. The summed E-state index contributed by atoms with van der Waals surface area (Å²) in [5, 5.41) is 19.0. The maximum absolute atomic E-state index is 14.7. The van der Waals surface area contributed by atoms with Gasteiger partial charge in [0.25, 0.3) is 0 Å². The van der Waals surface area contributed by atoms with Gasteiger partial charge < -0.3 is 24.8 Å². The lowest BCUT2D eigenvalue weighted by Gasteiger charge is -2.36. The number of halogens is 1. The topological polar surface area (TPSA) is 122 Å². The van der Waals surface area contributed by atoms with Crippen molar-refractivity contribution in [1.82, 2.24) is 19.5 Å². The lowest BCUT2D eigenvalue weighted by molar-refractivity contribution is -0.0104. The molecule has 2 aliphatic rings. The Kier molecular flexibility index (Phi) is 8.99. The molecule has 2 atom stereocenters. The first-order valence-electron chi connectivity index (χ1n) is 15.7. The molecule has 5 rings (SSSR count). The highest BCUT2D eigenvalue weighted by Gasteiger charge is 2.34. The predicted octanol–water partition coefficient (Wildman–Crippen LogP) is 6.55. The van der Waals surface area contributed by atoms with Gasteiger partial charge in [-0.15, -0.1) is 0 Å². The molecule has 11 nitrogen and oxygen atoms in total. The summed E-state index contributed by atoms with van der Waals surface area (Å²) in [4.78, 5) is 34.1. The van der Waals surface area contributed by atoms with E-state index in [0.717, 1.165) is 24.8 Å². The molecule has 0 unspecified atom stereocenters. The molecular weight excluding hydrogens is 579 g/mol. The van der Waals surface area contributed by atoms with E-state index in [1.165, 1.54) is 21.9 Å². The van der Waals surface area contributed by atoms with E-state index in [-0.39, 0.29) is 12.5 Å². The third kappa shape index (κ3) is 7.66. The van der Waals surface area contributed by atoms with Gasteiger partial charge in [-0.2, -0.15) is 9.61 Å². The second kappa shape index (κ2) is 12.5. The van der Waals surface area contributed by atoms with Crippen molar-refractivity contribution in [3.05, 3.63) is 47.4 Å². The summed E-state index contributed by atoms with van der Waals surface area (Å²) in [5.74, 6) is 0.483. The normalized spacial score (nSPS) is 19.3. The van der Waals surface area contributed by atoms with Gasteiger partial charge in [-0.3, -0.25) is 0 Å². The number of β-amino-alcohol motifs (C(OH)–C–C–N with tert-alkyl or cyclic N) is 1. The Morgan fingerprint density at radius 1 is 1.07 bits per heavy atom. The highest BCUT2D eigenvalue weighted by molar-refractivity contribution is 5.96. The van der Waals surface area contributed by atoms with Gasteiger partial charge in [0, 0.05) is 30.6 Å². The Hall–Kier alpha value is -3.93. The van der Waals surface area contributed by atoms with Crippen LogP contribution in [0.4, 0.5) is 31.3 Å². The van der Waals surface area contributed by atoms with Crippen molar-refractivity contribution < 1.29 is 28.6 Å². The lowest BCUT2D eigenvalue weighted by atomic mass is 9.81. The van der Waals surface area contributed by atoms with E-state index in [1.807, 2.05) is 20.8 Å². The number of benzene rings is 1. The van der Waals surface area contributed by atoms with Gasteiger partial charge >= 0.3 is 12.2 Å². The summed E-state index contributed by atoms with van der Waals surface area (Å²) in [6.07, 6.45) is 3.64. The van der Waals surface area contributed by atoms with Crippen molar-refractivity contribution in [2.24, 2.45) is 5.92 Å². The second-order valence-electron chi connectivity index (χ2n) is 14.2. The van der Waals surface area contributed by atoms with Crippen LogP contribution >= 0.6 is 0 Å². The lowest BCUT2D eigenvalue weighted by Crippen LogP contribution is -2.49. The number of carbonyl (C=O) groups excluding carboxylic acids is 2. The number of piperidine rings is 1. The van der Waals surface area contributed by atoms with Crippen LogP contribution in [0.15, 0.2) is 30.5 Å². The standard InChI is InChI=1S/C33H45FN6O5/c1-20-13-23(34)15-24(14-20)39(31(43)45-33(5,6)7)28-16-27(37-29-25(18-36-40(28)29)21-9-8-10-21)35-17-22-11-12-38(19-26(22)41)30(42)44-32(2,3)4/h13-16,18,21-22,26,41H,8-12,17,19H2,1-7H3,(H,35,37)/t22-,26+/m1/s1. The van der Waals surface area contributed by atoms with Crippen LogP contribution in [0.1, 0.15) is 84.3 Å². The average molecular weight is 625 g/mol. The maximum atomic E-state index is 14.7. The predicted molar refractivity (Wildman–Crippen MR) is 169 cm³/mol. The number of rotatable bonds is 6. The van der Waals surface area contributed by atoms with E-state index in [9.17, 15) is 19.1 Å². The quantitative estimate of drug-likeness (QED) is 0.317. The zero-order valence-corrected chi connectivity index (χ0v) is 27.3. The van der Waals surface area contributed by atoms with Gasteiger partial charge in [0.1, 0.15) is 28.7 Å². The molecule has 1 aliphatic carbocycles. The van der Waals surface area contributed by atoms with Crippen LogP contribution in [-0.2, 0) is 9.47 Å². The third-order valence-electron chi connectivity index (χ3n) is 8.03. The van der Waals surface area contributed by atoms with Crippen LogP contribution in [0.3, 0.4) is 0 Å².